The standard InChI is InChI=1S/C11H12ClN3O2/c1-14(2)6-9-13-10(11(16)17)7-4-3-5-8(12)15(7)9/h3-5H,6H2,1-2H3,(H,16,17). The summed E-state index contributed by atoms with van der Waals surface area (Å²) < 4.78 is 1.66. The summed E-state index contributed by atoms with van der Waals surface area (Å²) in [5.74, 6) is -0.428. The van der Waals surface area contributed by atoms with E-state index < -0.39 is 5.97 Å². The van der Waals surface area contributed by atoms with Crippen LogP contribution in [0.4, 0.5) is 0 Å². The van der Waals surface area contributed by atoms with Gasteiger partial charge in [-0.2, -0.15) is 0 Å². The minimum atomic E-state index is -1.05. The highest BCUT2D eigenvalue weighted by Gasteiger charge is 2.18. The van der Waals surface area contributed by atoms with E-state index in [9.17, 15) is 4.79 Å². The summed E-state index contributed by atoms with van der Waals surface area (Å²) in [4.78, 5) is 17.1. The van der Waals surface area contributed by atoms with E-state index in [1.807, 2.05) is 19.0 Å². The predicted octanol–water partition coefficient (Wildman–Crippen LogP) is 1.75. The Morgan fingerprint density at radius 1 is 1.53 bits per heavy atom. The Balaban J connectivity index is 2.71. The zero-order valence-corrected chi connectivity index (χ0v) is 10.3. The van der Waals surface area contributed by atoms with Gasteiger partial charge in [-0.25, -0.2) is 9.78 Å². The number of aromatic nitrogens is 2. The van der Waals surface area contributed by atoms with Gasteiger partial charge in [-0.05, 0) is 26.2 Å². The van der Waals surface area contributed by atoms with Gasteiger partial charge in [0.1, 0.15) is 11.0 Å². The molecule has 0 amide bonds. The Morgan fingerprint density at radius 3 is 2.82 bits per heavy atom. The van der Waals surface area contributed by atoms with Crippen LogP contribution < -0.4 is 0 Å². The molecule has 0 saturated carbocycles. The molecule has 5 nitrogen and oxygen atoms in total. The minimum absolute atomic E-state index is 0.0318. The molecule has 90 valence electrons. The highest BCUT2D eigenvalue weighted by atomic mass is 35.5. The number of imidazole rings is 1. The van der Waals surface area contributed by atoms with E-state index in [4.69, 9.17) is 16.7 Å². The maximum atomic E-state index is 11.1. The van der Waals surface area contributed by atoms with Crippen molar-refractivity contribution >= 4 is 23.1 Å². The van der Waals surface area contributed by atoms with Gasteiger partial charge in [-0.15, -0.1) is 0 Å². The summed E-state index contributed by atoms with van der Waals surface area (Å²) in [6, 6.07) is 5.12. The first-order chi connectivity index (χ1) is 8.00. The topological polar surface area (TPSA) is 57.8 Å². The number of nitrogens with zero attached hydrogens (tertiary/aromatic N) is 3. The fraction of sp³-hybridized carbons (Fsp3) is 0.273. The lowest BCUT2D eigenvalue weighted by Crippen LogP contribution is -2.13. The molecule has 2 heterocycles. The van der Waals surface area contributed by atoms with Crippen LogP contribution in [0.15, 0.2) is 18.2 Å². The molecule has 0 aliphatic heterocycles. The Bertz CT molecular complexity index is 577. The van der Waals surface area contributed by atoms with Crippen molar-refractivity contribution < 1.29 is 9.90 Å². The van der Waals surface area contributed by atoms with Crippen molar-refractivity contribution in [3.8, 4) is 0 Å². The molecule has 0 aromatic carbocycles. The molecule has 0 spiro atoms. The van der Waals surface area contributed by atoms with Crippen molar-refractivity contribution in [2.45, 2.75) is 6.54 Å². The van der Waals surface area contributed by atoms with Crippen molar-refractivity contribution in [2.75, 3.05) is 14.1 Å². The van der Waals surface area contributed by atoms with Crippen LogP contribution in [0.5, 0.6) is 0 Å². The maximum Gasteiger partial charge on any atom is 0.356 e. The van der Waals surface area contributed by atoms with Crippen LogP contribution in [-0.4, -0.2) is 39.5 Å². The number of halogens is 1. The van der Waals surface area contributed by atoms with Crippen molar-refractivity contribution in [3.63, 3.8) is 0 Å². The first kappa shape index (κ1) is 11.9. The van der Waals surface area contributed by atoms with Crippen molar-refractivity contribution in [1.29, 1.82) is 0 Å². The third kappa shape index (κ3) is 2.11. The van der Waals surface area contributed by atoms with Gasteiger partial charge in [0.15, 0.2) is 5.69 Å². The zero-order chi connectivity index (χ0) is 12.6. The average molecular weight is 254 g/mol. The van der Waals surface area contributed by atoms with Gasteiger partial charge in [-0.1, -0.05) is 17.7 Å². The Morgan fingerprint density at radius 2 is 2.24 bits per heavy atom. The quantitative estimate of drug-likeness (QED) is 0.847. The molecule has 0 saturated heterocycles. The second-order valence-corrected chi connectivity index (χ2v) is 4.38. The maximum absolute atomic E-state index is 11.1. The highest BCUT2D eigenvalue weighted by Crippen LogP contribution is 2.20. The molecule has 0 radical (unpaired) electrons. The lowest BCUT2D eigenvalue weighted by molar-refractivity contribution is 0.0693. The summed E-state index contributed by atoms with van der Waals surface area (Å²) in [6.07, 6.45) is 0. The van der Waals surface area contributed by atoms with Gasteiger partial charge in [0, 0.05) is 0 Å². The number of hydrogen-bond donors (Lipinski definition) is 1. The SMILES string of the molecule is CN(C)Cc1nc(C(=O)O)c2cccc(Cl)n12. The lowest BCUT2D eigenvalue weighted by atomic mass is 10.3. The van der Waals surface area contributed by atoms with Gasteiger partial charge in [0.25, 0.3) is 0 Å². The fourth-order valence-corrected chi connectivity index (χ4v) is 1.97. The number of hydrogen-bond acceptors (Lipinski definition) is 3. The molecule has 2 rings (SSSR count). The summed E-state index contributed by atoms with van der Waals surface area (Å²) >= 11 is 6.08. The van der Waals surface area contributed by atoms with E-state index in [1.54, 1.807) is 22.6 Å². The van der Waals surface area contributed by atoms with Crippen molar-refractivity contribution in [3.05, 3.63) is 34.9 Å². The first-order valence-corrected chi connectivity index (χ1v) is 5.42. The van der Waals surface area contributed by atoms with E-state index in [0.29, 0.717) is 23.0 Å². The second-order valence-electron chi connectivity index (χ2n) is 3.99. The molecule has 0 fully saturated rings. The smallest absolute Gasteiger partial charge is 0.356 e. The van der Waals surface area contributed by atoms with Gasteiger partial charge < -0.3 is 10.0 Å². The largest absolute Gasteiger partial charge is 0.476 e. The monoisotopic (exact) mass is 253 g/mol. The zero-order valence-electron chi connectivity index (χ0n) is 9.51. The highest BCUT2D eigenvalue weighted by molar-refractivity contribution is 6.29. The van der Waals surface area contributed by atoms with Crippen LogP contribution in [0.1, 0.15) is 16.3 Å². The van der Waals surface area contributed by atoms with Crippen LogP contribution in [0.3, 0.4) is 0 Å². The second kappa shape index (κ2) is 4.35. The van der Waals surface area contributed by atoms with Gasteiger partial charge in [-0.3, -0.25) is 4.40 Å². The number of carboxylic acids is 1. The van der Waals surface area contributed by atoms with E-state index in [1.165, 1.54) is 0 Å². The summed E-state index contributed by atoms with van der Waals surface area (Å²) in [5.41, 5.74) is 0.547. The summed E-state index contributed by atoms with van der Waals surface area (Å²) in [7, 11) is 3.77. The molecule has 6 heteroatoms. The number of pyridine rings is 1. The van der Waals surface area contributed by atoms with Crippen LogP contribution in [-0.2, 0) is 6.54 Å². The van der Waals surface area contributed by atoms with E-state index in [2.05, 4.69) is 4.98 Å². The molecule has 2 aromatic heterocycles. The van der Waals surface area contributed by atoms with E-state index in [-0.39, 0.29) is 5.69 Å². The molecule has 0 bridgehead atoms. The fourth-order valence-electron chi connectivity index (χ4n) is 1.71. The van der Waals surface area contributed by atoms with Crippen molar-refractivity contribution in [2.24, 2.45) is 0 Å². The molecular formula is C11H12ClN3O2. The Kier molecular flexibility index (Phi) is 3.04. The molecule has 0 aliphatic carbocycles. The minimum Gasteiger partial charge on any atom is -0.476 e. The number of carbonyl (C=O) groups is 1. The van der Waals surface area contributed by atoms with Crippen LogP contribution >= 0.6 is 11.6 Å². The van der Waals surface area contributed by atoms with Gasteiger partial charge in [0.05, 0.1) is 12.1 Å². The molecule has 1 N–H and O–H groups in total. The first-order valence-electron chi connectivity index (χ1n) is 5.04. The molecule has 0 unspecified atom stereocenters. The third-order valence-electron chi connectivity index (χ3n) is 2.34. The molecule has 0 atom stereocenters. The Hall–Kier alpha value is -1.59. The molecular weight excluding hydrogens is 242 g/mol. The molecule has 0 aliphatic rings. The summed E-state index contributed by atoms with van der Waals surface area (Å²) in [6.45, 7) is 0.526. The number of fused-ring (bicyclic) bond motifs is 1. The molecule has 17 heavy (non-hydrogen) atoms. The molecule has 2 aromatic rings. The average Bonchev–Trinajstić information content (AvgIpc) is 2.57. The van der Waals surface area contributed by atoms with E-state index in [0.717, 1.165) is 0 Å². The number of aromatic carboxylic acids is 1. The van der Waals surface area contributed by atoms with Crippen molar-refractivity contribution in [1.82, 2.24) is 14.3 Å². The van der Waals surface area contributed by atoms with Crippen LogP contribution in [0.25, 0.3) is 5.52 Å². The Labute approximate surface area is 103 Å². The third-order valence-corrected chi connectivity index (χ3v) is 2.64. The van der Waals surface area contributed by atoms with Crippen LogP contribution in [0.2, 0.25) is 5.15 Å². The normalized spacial score (nSPS) is 11.3. The van der Waals surface area contributed by atoms with Gasteiger partial charge in [0.2, 0.25) is 0 Å². The van der Waals surface area contributed by atoms with Gasteiger partial charge >= 0.3 is 5.97 Å². The van der Waals surface area contributed by atoms with Crippen LogP contribution in [0, 0.1) is 0 Å². The predicted molar refractivity (Wildman–Crippen MR) is 64.6 cm³/mol. The summed E-state index contributed by atoms with van der Waals surface area (Å²) in [5, 5.41) is 9.55. The number of rotatable bonds is 3. The van der Waals surface area contributed by atoms with E-state index >= 15 is 0 Å². The number of carboxylic acid groups (broad SMARTS) is 1. The lowest BCUT2D eigenvalue weighted by Gasteiger charge is -2.08.